The summed E-state index contributed by atoms with van der Waals surface area (Å²) >= 11 is 6.39. The highest BCUT2D eigenvalue weighted by atomic mass is 35.5. The summed E-state index contributed by atoms with van der Waals surface area (Å²) in [5.74, 6) is -0.402. The molecular weight excluding hydrogens is 292 g/mol. The van der Waals surface area contributed by atoms with Crippen molar-refractivity contribution in [2.24, 2.45) is 0 Å². The van der Waals surface area contributed by atoms with Crippen molar-refractivity contribution >= 4 is 28.9 Å². The zero-order valence-corrected chi connectivity index (χ0v) is 12.9. The van der Waals surface area contributed by atoms with E-state index in [2.05, 4.69) is 17.1 Å². The predicted molar refractivity (Wildman–Crippen MR) is 81.9 cm³/mol. The molecule has 1 aromatic carbocycles. The van der Waals surface area contributed by atoms with E-state index in [1.807, 2.05) is 13.0 Å². The molecule has 0 aliphatic carbocycles. The van der Waals surface area contributed by atoms with Crippen LogP contribution in [0, 0.1) is 0 Å². The molecule has 3 rings (SSSR count). The lowest BCUT2D eigenvalue weighted by Gasteiger charge is -2.40. The average Bonchev–Trinajstić information content (AvgIpc) is 2.73. The van der Waals surface area contributed by atoms with Crippen LogP contribution in [0.2, 0.25) is 5.02 Å². The molecule has 2 heterocycles. The first-order chi connectivity index (χ1) is 10.0. The van der Waals surface area contributed by atoms with Crippen molar-refractivity contribution in [2.45, 2.75) is 38.5 Å². The monoisotopic (exact) mass is 310 g/mol. The Kier molecular flexibility index (Phi) is 3.82. The van der Waals surface area contributed by atoms with Crippen LogP contribution in [0.3, 0.4) is 0 Å². The third kappa shape index (κ3) is 2.50. The molecule has 2 N–H and O–H groups in total. The summed E-state index contributed by atoms with van der Waals surface area (Å²) in [7, 11) is 0. The number of nitrogens with zero attached hydrogens (tertiary/aromatic N) is 1. The van der Waals surface area contributed by atoms with E-state index in [1.54, 1.807) is 6.07 Å². The van der Waals surface area contributed by atoms with Gasteiger partial charge in [0.15, 0.2) is 6.10 Å². The lowest BCUT2D eigenvalue weighted by Crippen LogP contribution is -2.48. The number of hydrogen-bond donors (Lipinski definition) is 2. The Labute approximate surface area is 128 Å². The number of morpholine rings is 1. The molecule has 1 aromatic rings. The van der Waals surface area contributed by atoms with Gasteiger partial charge in [0.2, 0.25) is 0 Å². The number of nitrogens with one attached hydrogen (secondary N) is 1. The number of anilines is 2. The first-order valence-corrected chi connectivity index (χ1v) is 7.59. The van der Waals surface area contributed by atoms with Gasteiger partial charge in [-0.15, -0.1) is 0 Å². The summed E-state index contributed by atoms with van der Waals surface area (Å²) in [6.07, 6.45) is -0.0378. The van der Waals surface area contributed by atoms with Crippen molar-refractivity contribution in [1.82, 2.24) is 0 Å². The van der Waals surface area contributed by atoms with Crippen LogP contribution >= 0.6 is 11.6 Å². The summed E-state index contributed by atoms with van der Waals surface area (Å²) in [5.41, 5.74) is 2.07. The Balaban J connectivity index is 1.99. The fourth-order valence-corrected chi connectivity index (χ4v) is 3.23. The maximum absolute atomic E-state index is 11.6. The zero-order valence-electron chi connectivity index (χ0n) is 12.1. The number of benzene rings is 1. The van der Waals surface area contributed by atoms with E-state index in [0.717, 1.165) is 18.7 Å². The summed E-state index contributed by atoms with van der Waals surface area (Å²) in [4.78, 5) is 13.8. The number of hydrogen-bond acceptors (Lipinski definition) is 4. The first-order valence-electron chi connectivity index (χ1n) is 7.21. The Morgan fingerprint density at radius 3 is 3.00 bits per heavy atom. The summed E-state index contributed by atoms with van der Waals surface area (Å²) in [6, 6.07) is 3.80. The van der Waals surface area contributed by atoms with Crippen LogP contribution in [-0.2, 0) is 9.53 Å². The van der Waals surface area contributed by atoms with Crippen LogP contribution in [0.15, 0.2) is 12.1 Å². The molecule has 114 valence electrons. The highest BCUT2D eigenvalue weighted by Crippen LogP contribution is 2.40. The quantitative estimate of drug-likeness (QED) is 0.880. The molecule has 1 saturated heterocycles. The van der Waals surface area contributed by atoms with Crippen molar-refractivity contribution < 1.29 is 14.6 Å². The van der Waals surface area contributed by atoms with Crippen LogP contribution in [0.25, 0.3) is 0 Å². The second-order valence-corrected chi connectivity index (χ2v) is 6.05. The SMILES string of the molecule is CCC1COC(C)CN1c1cc2c(cc1Cl)C(O)C(=O)N2. The average molecular weight is 311 g/mol. The van der Waals surface area contributed by atoms with E-state index < -0.39 is 12.0 Å². The van der Waals surface area contributed by atoms with Gasteiger partial charge in [-0.2, -0.15) is 0 Å². The van der Waals surface area contributed by atoms with Gasteiger partial charge in [0.05, 0.1) is 29.5 Å². The van der Waals surface area contributed by atoms with Crippen LogP contribution < -0.4 is 10.2 Å². The van der Waals surface area contributed by atoms with Gasteiger partial charge in [-0.25, -0.2) is 0 Å². The standard InChI is InChI=1S/C15H19ClN2O3/c1-3-9-7-21-8(2)6-18(9)13-5-12-10(4-11(13)16)14(19)15(20)17-12/h4-5,8-9,14,19H,3,6-7H2,1-2H3,(H,17,20). The number of rotatable bonds is 2. The molecule has 6 heteroatoms. The molecule has 1 amide bonds. The van der Waals surface area contributed by atoms with E-state index >= 15 is 0 Å². The van der Waals surface area contributed by atoms with Gasteiger partial charge in [0, 0.05) is 17.8 Å². The predicted octanol–water partition coefficient (Wildman–Crippen LogP) is 2.33. The van der Waals surface area contributed by atoms with Crippen LogP contribution in [0.4, 0.5) is 11.4 Å². The zero-order chi connectivity index (χ0) is 15.1. The number of carbonyl (C=O) groups is 1. The van der Waals surface area contributed by atoms with Gasteiger partial charge in [-0.3, -0.25) is 4.79 Å². The lowest BCUT2D eigenvalue weighted by molar-refractivity contribution is -0.123. The normalized spacial score (nSPS) is 28.5. The molecule has 0 spiro atoms. The van der Waals surface area contributed by atoms with E-state index in [4.69, 9.17) is 16.3 Å². The number of aliphatic hydroxyl groups is 1. The second kappa shape index (κ2) is 5.48. The molecular formula is C15H19ClN2O3. The van der Waals surface area contributed by atoms with Gasteiger partial charge in [0.25, 0.3) is 5.91 Å². The molecule has 0 bridgehead atoms. The minimum Gasteiger partial charge on any atom is -0.378 e. The molecule has 0 saturated carbocycles. The molecule has 0 aromatic heterocycles. The van der Waals surface area contributed by atoms with Gasteiger partial charge >= 0.3 is 0 Å². The molecule has 2 aliphatic rings. The van der Waals surface area contributed by atoms with Gasteiger partial charge in [0.1, 0.15) is 0 Å². The van der Waals surface area contributed by atoms with Gasteiger partial charge in [-0.05, 0) is 25.5 Å². The number of fused-ring (bicyclic) bond motifs is 1. The highest BCUT2D eigenvalue weighted by Gasteiger charge is 2.32. The molecule has 5 nitrogen and oxygen atoms in total. The van der Waals surface area contributed by atoms with Crippen molar-refractivity contribution in [1.29, 1.82) is 0 Å². The van der Waals surface area contributed by atoms with E-state index in [0.29, 0.717) is 22.9 Å². The third-order valence-corrected chi connectivity index (χ3v) is 4.47. The number of aliphatic hydroxyl groups excluding tert-OH is 1. The number of carbonyl (C=O) groups excluding carboxylic acids is 1. The Hall–Kier alpha value is -1.30. The maximum Gasteiger partial charge on any atom is 0.257 e. The Morgan fingerprint density at radius 1 is 1.52 bits per heavy atom. The number of amides is 1. The van der Waals surface area contributed by atoms with E-state index in [1.165, 1.54) is 0 Å². The second-order valence-electron chi connectivity index (χ2n) is 5.64. The molecule has 2 aliphatic heterocycles. The lowest BCUT2D eigenvalue weighted by atomic mass is 10.1. The van der Waals surface area contributed by atoms with Gasteiger partial charge in [-0.1, -0.05) is 18.5 Å². The Morgan fingerprint density at radius 2 is 2.29 bits per heavy atom. The first kappa shape index (κ1) is 14.6. The largest absolute Gasteiger partial charge is 0.378 e. The maximum atomic E-state index is 11.6. The third-order valence-electron chi connectivity index (χ3n) is 4.17. The smallest absolute Gasteiger partial charge is 0.257 e. The fourth-order valence-electron chi connectivity index (χ4n) is 2.95. The highest BCUT2D eigenvalue weighted by molar-refractivity contribution is 6.33. The number of ether oxygens (including phenoxy) is 1. The number of halogens is 1. The molecule has 1 fully saturated rings. The van der Waals surface area contributed by atoms with Crippen molar-refractivity contribution in [3.63, 3.8) is 0 Å². The Bertz CT molecular complexity index is 578. The summed E-state index contributed by atoms with van der Waals surface area (Å²) in [6.45, 7) is 5.57. The fraction of sp³-hybridized carbons (Fsp3) is 0.533. The molecule has 3 unspecified atom stereocenters. The molecule has 21 heavy (non-hydrogen) atoms. The van der Waals surface area contributed by atoms with Crippen LogP contribution in [0.5, 0.6) is 0 Å². The van der Waals surface area contributed by atoms with Crippen molar-refractivity contribution in [2.75, 3.05) is 23.4 Å². The van der Waals surface area contributed by atoms with Crippen LogP contribution in [-0.4, -0.2) is 36.3 Å². The van der Waals surface area contributed by atoms with Crippen LogP contribution in [0.1, 0.15) is 31.9 Å². The summed E-state index contributed by atoms with van der Waals surface area (Å²) < 4.78 is 5.71. The summed E-state index contributed by atoms with van der Waals surface area (Å²) in [5, 5.41) is 13.1. The van der Waals surface area contributed by atoms with Gasteiger partial charge < -0.3 is 20.1 Å². The van der Waals surface area contributed by atoms with E-state index in [9.17, 15) is 9.90 Å². The molecule has 3 atom stereocenters. The minimum atomic E-state index is -1.13. The van der Waals surface area contributed by atoms with Crippen molar-refractivity contribution in [3.05, 3.63) is 22.7 Å². The minimum absolute atomic E-state index is 0.136. The van der Waals surface area contributed by atoms with E-state index in [-0.39, 0.29) is 12.1 Å². The molecule has 0 radical (unpaired) electrons. The van der Waals surface area contributed by atoms with Crippen molar-refractivity contribution in [3.8, 4) is 0 Å². The topological polar surface area (TPSA) is 61.8 Å².